The van der Waals surface area contributed by atoms with Crippen LogP contribution in [0.2, 0.25) is 0 Å². The van der Waals surface area contributed by atoms with Crippen LogP contribution >= 0.6 is 27.3 Å². The summed E-state index contributed by atoms with van der Waals surface area (Å²) in [5.41, 5.74) is 1.10. The van der Waals surface area contributed by atoms with Crippen LogP contribution in [0.5, 0.6) is 0 Å². The molecule has 0 unspecified atom stereocenters. The molecule has 2 aromatic rings. The highest BCUT2D eigenvalue weighted by Gasteiger charge is 2.05. The van der Waals surface area contributed by atoms with E-state index in [9.17, 15) is 4.39 Å². The maximum atomic E-state index is 12.8. The minimum absolute atomic E-state index is 0.192. The van der Waals surface area contributed by atoms with Gasteiger partial charge in [-0.1, -0.05) is 12.1 Å². The summed E-state index contributed by atoms with van der Waals surface area (Å²) in [5, 5.41) is 3.42. The van der Waals surface area contributed by atoms with Gasteiger partial charge in [0.1, 0.15) is 5.82 Å². The van der Waals surface area contributed by atoms with Crippen LogP contribution in [0.3, 0.4) is 0 Å². The Bertz CT molecular complexity index is 480. The molecule has 2 rings (SSSR count). The van der Waals surface area contributed by atoms with Crippen LogP contribution in [-0.2, 0) is 6.54 Å². The van der Waals surface area contributed by atoms with E-state index in [1.54, 1.807) is 11.3 Å². The Morgan fingerprint density at radius 1 is 1.24 bits per heavy atom. The summed E-state index contributed by atoms with van der Waals surface area (Å²) in [6, 6.07) is 11.0. The van der Waals surface area contributed by atoms with Gasteiger partial charge in [0.15, 0.2) is 0 Å². The first-order valence-corrected chi connectivity index (χ1v) is 6.99. The van der Waals surface area contributed by atoms with Crippen molar-refractivity contribution in [2.24, 2.45) is 0 Å². The first-order valence-electron chi connectivity index (χ1n) is 5.38. The number of thiophene rings is 1. The number of hydrogen-bond acceptors (Lipinski definition) is 2. The summed E-state index contributed by atoms with van der Waals surface area (Å²) < 4.78 is 13.9. The van der Waals surface area contributed by atoms with Crippen molar-refractivity contribution in [3.8, 4) is 0 Å². The van der Waals surface area contributed by atoms with Gasteiger partial charge in [-0.05, 0) is 52.7 Å². The highest BCUT2D eigenvalue weighted by Crippen LogP contribution is 2.22. The van der Waals surface area contributed by atoms with Crippen molar-refractivity contribution in [3.63, 3.8) is 0 Å². The second-order valence-corrected chi connectivity index (χ2v) is 6.41. The zero-order valence-corrected chi connectivity index (χ0v) is 11.8. The molecule has 1 aromatic heterocycles. The van der Waals surface area contributed by atoms with Crippen molar-refractivity contribution in [1.29, 1.82) is 0 Å². The molecule has 1 heterocycles. The molecular formula is C13H13BrFNS. The number of nitrogens with one attached hydrogen (secondary N) is 1. The van der Waals surface area contributed by atoms with Crippen LogP contribution in [0.15, 0.2) is 40.2 Å². The molecule has 0 aliphatic carbocycles. The van der Waals surface area contributed by atoms with E-state index in [4.69, 9.17) is 0 Å². The lowest BCUT2D eigenvalue weighted by molar-refractivity contribution is 0.575. The molecule has 1 nitrogen and oxygen atoms in total. The Morgan fingerprint density at radius 2 is 1.94 bits per heavy atom. The molecular weight excluding hydrogens is 301 g/mol. The molecule has 0 fully saturated rings. The van der Waals surface area contributed by atoms with Gasteiger partial charge in [0.25, 0.3) is 0 Å². The van der Waals surface area contributed by atoms with Crippen molar-refractivity contribution in [1.82, 2.24) is 5.32 Å². The van der Waals surface area contributed by atoms with Gasteiger partial charge in [-0.2, -0.15) is 0 Å². The molecule has 1 N–H and O–H groups in total. The molecule has 90 valence electrons. The lowest BCUT2D eigenvalue weighted by Gasteiger charge is -2.13. The maximum Gasteiger partial charge on any atom is 0.123 e. The fourth-order valence-corrected chi connectivity index (χ4v) is 3.00. The van der Waals surface area contributed by atoms with Gasteiger partial charge in [-0.25, -0.2) is 4.39 Å². The standard InChI is InChI=1S/C13H13BrFNS/c1-9(10-2-4-11(15)5-3-10)16-8-12-6-7-13(14)17-12/h2-7,9,16H,8H2,1H3/t9-/m1/s1. The van der Waals surface area contributed by atoms with Gasteiger partial charge < -0.3 is 5.32 Å². The molecule has 17 heavy (non-hydrogen) atoms. The van der Waals surface area contributed by atoms with Crippen molar-refractivity contribution in [2.75, 3.05) is 0 Å². The largest absolute Gasteiger partial charge is 0.305 e. The van der Waals surface area contributed by atoms with E-state index in [2.05, 4.69) is 34.2 Å². The fourth-order valence-electron chi connectivity index (χ4n) is 1.57. The molecule has 4 heteroatoms. The lowest BCUT2D eigenvalue weighted by atomic mass is 10.1. The molecule has 0 amide bonds. The first-order chi connectivity index (χ1) is 8.15. The van der Waals surface area contributed by atoms with Crippen LogP contribution < -0.4 is 5.32 Å². The SMILES string of the molecule is C[C@@H](NCc1ccc(Br)s1)c1ccc(F)cc1. The van der Waals surface area contributed by atoms with Crippen molar-refractivity contribution in [3.05, 3.63) is 56.4 Å². The van der Waals surface area contributed by atoms with Crippen LogP contribution in [0.4, 0.5) is 4.39 Å². The number of benzene rings is 1. The molecule has 0 saturated carbocycles. The van der Waals surface area contributed by atoms with Crippen LogP contribution in [0.25, 0.3) is 0 Å². The Balaban J connectivity index is 1.93. The molecule has 0 spiro atoms. The highest BCUT2D eigenvalue weighted by molar-refractivity contribution is 9.11. The van der Waals surface area contributed by atoms with Crippen LogP contribution in [-0.4, -0.2) is 0 Å². The van der Waals surface area contributed by atoms with Crippen LogP contribution in [0.1, 0.15) is 23.4 Å². The second kappa shape index (κ2) is 5.76. The topological polar surface area (TPSA) is 12.0 Å². The van der Waals surface area contributed by atoms with Gasteiger partial charge in [0, 0.05) is 17.5 Å². The third kappa shape index (κ3) is 3.63. The molecule has 1 atom stereocenters. The summed E-state index contributed by atoms with van der Waals surface area (Å²) in [6.45, 7) is 2.91. The third-order valence-electron chi connectivity index (χ3n) is 2.58. The summed E-state index contributed by atoms with van der Waals surface area (Å²) in [7, 11) is 0. The summed E-state index contributed by atoms with van der Waals surface area (Å²) in [6.07, 6.45) is 0. The summed E-state index contributed by atoms with van der Waals surface area (Å²) in [4.78, 5) is 1.28. The zero-order chi connectivity index (χ0) is 12.3. The number of halogens is 2. The van der Waals surface area contributed by atoms with Gasteiger partial charge in [-0.3, -0.25) is 0 Å². The predicted molar refractivity (Wildman–Crippen MR) is 73.7 cm³/mol. The average molecular weight is 314 g/mol. The Morgan fingerprint density at radius 3 is 2.53 bits per heavy atom. The van der Waals surface area contributed by atoms with E-state index in [1.165, 1.54) is 17.0 Å². The molecule has 1 aromatic carbocycles. The molecule has 0 aliphatic heterocycles. The predicted octanol–water partition coefficient (Wildman–Crippen LogP) is 4.50. The minimum Gasteiger partial charge on any atom is -0.305 e. The Labute approximate surface area is 113 Å². The minimum atomic E-state index is -0.192. The lowest BCUT2D eigenvalue weighted by Crippen LogP contribution is -2.17. The van der Waals surface area contributed by atoms with E-state index in [1.807, 2.05) is 18.2 Å². The van der Waals surface area contributed by atoms with Crippen LogP contribution in [0, 0.1) is 5.82 Å². The Hall–Kier alpha value is -0.710. The maximum absolute atomic E-state index is 12.8. The summed E-state index contributed by atoms with van der Waals surface area (Å²) >= 11 is 5.16. The van der Waals surface area contributed by atoms with Gasteiger partial charge in [0.05, 0.1) is 3.79 Å². The quantitative estimate of drug-likeness (QED) is 0.876. The van der Waals surface area contributed by atoms with Gasteiger partial charge >= 0.3 is 0 Å². The van der Waals surface area contributed by atoms with E-state index in [-0.39, 0.29) is 11.9 Å². The van der Waals surface area contributed by atoms with E-state index < -0.39 is 0 Å². The number of hydrogen-bond donors (Lipinski definition) is 1. The summed E-state index contributed by atoms with van der Waals surface area (Å²) in [5.74, 6) is -0.192. The van der Waals surface area contributed by atoms with Crippen molar-refractivity contribution >= 4 is 27.3 Å². The van der Waals surface area contributed by atoms with Crippen molar-refractivity contribution in [2.45, 2.75) is 19.5 Å². The Kier molecular flexibility index (Phi) is 4.31. The molecule has 0 aliphatic rings. The highest BCUT2D eigenvalue weighted by atomic mass is 79.9. The third-order valence-corrected chi connectivity index (χ3v) is 4.20. The molecule has 0 bridgehead atoms. The normalized spacial score (nSPS) is 12.6. The van der Waals surface area contributed by atoms with Gasteiger partial charge in [-0.15, -0.1) is 11.3 Å². The van der Waals surface area contributed by atoms with E-state index in [0.717, 1.165) is 15.9 Å². The average Bonchev–Trinajstić information content (AvgIpc) is 2.73. The first kappa shape index (κ1) is 12.7. The van der Waals surface area contributed by atoms with Crippen molar-refractivity contribution < 1.29 is 4.39 Å². The van der Waals surface area contributed by atoms with E-state index in [0.29, 0.717) is 0 Å². The smallest absolute Gasteiger partial charge is 0.123 e. The van der Waals surface area contributed by atoms with E-state index >= 15 is 0 Å². The molecule has 0 saturated heterocycles. The fraction of sp³-hybridized carbons (Fsp3) is 0.231. The monoisotopic (exact) mass is 313 g/mol. The number of rotatable bonds is 4. The zero-order valence-electron chi connectivity index (χ0n) is 9.41. The molecule has 0 radical (unpaired) electrons. The second-order valence-electron chi connectivity index (χ2n) is 3.86. The van der Waals surface area contributed by atoms with Gasteiger partial charge in [0.2, 0.25) is 0 Å².